The van der Waals surface area contributed by atoms with Gasteiger partial charge in [0.05, 0.1) is 0 Å². The molecule has 3 heteroatoms. The van der Waals surface area contributed by atoms with E-state index in [-0.39, 0.29) is 0 Å². The third kappa shape index (κ3) is 2.03. The summed E-state index contributed by atoms with van der Waals surface area (Å²) in [7, 11) is 0. The number of aliphatic carboxylic acids is 1. The number of carboxylic acid groups (broad SMARTS) is 1. The molecule has 2 atom stereocenters. The zero-order valence-electron chi connectivity index (χ0n) is 9.44. The second-order valence-corrected chi connectivity index (χ2v) is 4.73. The first-order valence-electron chi connectivity index (χ1n) is 5.69. The Bertz CT molecular complexity index is 377. The van der Waals surface area contributed by atoms with E-state index >= 15 is 0 Å². The molecular formula is C13H17NO2. The quantitative estimate of drug-likeness (QED) is 0.821. The van der Waals surface area contributed by atoms with Crippen LogP contribution in [0.2, 0.25) is 0 Å². The van der Waals surface area contributed by atoms with Crippen LogP contribution in [0.3, 0.4) is 0 Å². The van der Waals surface area contributed by atoms with Crippen molar-refractivity contribution < 1.29 is 9.90 Å². The van der Waals surface area contributed by atoms with Crippen molar-refractivity contribution >= 4 is 11.7 Å². The van der Waals surface area contributed by atoms with Crippen molar-refractivity contribution in [3.8, 4) is 0 Å². The number of para-hydroxylation sites is 1. The molecule has 2 unspecified atom stereocenters. The summed E-state index contributed by atoms with van der Waals surface area (Å²) in [5, 5.41) is 12.6. The Morgan fingerprint density at radius 2 is 2.12 bits per heavy atom. The number of anilines is 1. The highest BCUT2D eigenvalue weighted by atomic mass is 16.4. The molecule has 0 saturated heterocycles. The maximum atomic E-state index is 11.4. The predicted molar refractivity (Wildman–Crippen MR) is 63.4 cm³/mol. The predicted octanol–water partition coefficient (Wildman–Crippen LogP) is 2.74. The fourth-order valence-electron chi connectivity index (χ4n) is 2.45. The van der Waals surface area contributed by atoms with Gasteiger partial charge in [0.1, 0.15) is 5.54 Å². The SMILES string of the molecule is CC1CCC(Nc2ccccc2)(C(=O)O)C1. The van der Waals surface area contributed by atoms with Gasteiger partial charge in [-0.3, -0.25) is 0 Å². The second kappa shape index (κ2) is 4.16. The second-order valence-electron chi connectivity index (χ2n) is 4.73. The highest BCUT2D eigenvalue weighted by Crippen LogP contribution is 2.37. The average molecular weight is 219 g/mol. The lowest BCUT2D eigenvalue weighted by Crippen LogP contribution is -2.44. The van der Waals surface area contributed by atoms with Crippen molar-refractivity contribution in [3.63, 3.8) is 0 Å². The van der Waals surface area contributed by atoms with Gasteiger partial charge in [0.2, 0.25) is 0 Å². The Balaban J connectivity index is 2.19. The van der Waals surface area contributed by atoms with Crippen molar-refractivity contribution in [2.45, 2.75) is 31.7 Å². The number of carboxylic acids is 1. The van der Waals surface area contributed by atoms with E-state index in [4.69, 9.17) is 0 Å². The summed E-state index contributed by atoms with van der Waals surface area (Å²) in [5.41, 5.74) is 0.125. The van der Waals surface area contributed by atoms with Crippen molar-refractivity contribution in [1.82, 2.24) is 0 Å². The zero-order chi connectivity index (χ0) is 11.6. The number of hydrogen-bond acceptors (Lipinski definition) is 2. The molecule has 0 spiro atoms. The van der Waals surface area contributed by atoms with Crippen LogP contribution < -0.4 is 5.32 Å². The van der Waals surface area contributed by atoms with Gasteiger partial charge in [0.15, 0.2) is 0 Å². The highest BCUT2D eigenvalue weighted by Gasteiger charge is 2.44. The van der Waals surface area contributed by atoms with Crippen LogP contribution in [-0.2, 0) is 4.79 Å². The maximum Gasteiger partial charge on any atom is 0.329 e. The molecule has 0 heterocycles. The topological polar surface area (TPSA) is 49.3 Å². The Hall–Kier alpha value is -1.51. The summed E-state index contributed by atoms with van der Waals surface area (Å²) in [5.74, 6) is -0.256. The minimum absolute atomic E-state index is 0.479. The number of nitrogens with one attached hydrogen (secondary N) is 1. The summed E-state index contributed by atoms with van der Waals surface area (Å²) >= 11 is 0. The van der Waals surface area contributed by atoms with Gasteiger partial charge in [0.25, 0.3) is 0 Å². The van der Waals surface area contributed by atoms with E-state index in [1.54, 1.807) is 0 Å². The largest absolute Gasteiger partial charge is 0.480 e. The van der Waals surface area contributed by atoms with Gasteiger partial charge in [-0.05, 0) is 37.3 Å². The third-order valence-corrected chi connectivity index (χ3v) is 3.33. The van der Waals surface area contributed by atoms with Gasteiger partial charge in [-0.25, -0.2) is 4.79 Å². The normalized spacial score (nSPS) is 28.9. The molecule has 0 radical (unpaired) electrons. The third-order valence-electron chi connectivity index (χ3n) is 3.33. The lowest BCUT2D eigenvalue weighted by Gasteiger charge is -2.27. The van der Waals surface area contributed by atoms with E-state index in [1.165, 1.54) is 0 Å². The van der Waals surface area contributed by atoms with Gasteiger partial charge < -0.3 is 10.4 Å². The lowest BCUT2D eigenvalue weighted by atomic mass is 9.96. The Morgan fingerprint density at radius 3 is 2.62 bits per heavy atom. The van der Waals surface area contributed by atoms with Crippen LogP contribution in [0.5, 0.6) is 0 Å². The molecule has 1 saturated carbocycles. The van der Waals surface area contributed by atoms with E-state index in [0.29, 0.717) is 18.8 Å². The minimum Gasteiger partial charge on any atom is -0.480 e. The standard InChI is InChI=1S/C13H17NO2/c1-10-7-8-13(9-10,12(15)16)14-11-5-3-2-4-6-11/h2-6,10,14H,7-9H2,1H3,(H,15,16). The van der Waals surface area contributed by atoms with E-state index in [0.717, 1.165) is 12.1 Å². The van der Waals surface area contributed by atoms with Crippen molar-refractivity contribution in [1.29, 1.82) is 0 Å². The first-order valence-corrected chi connectivity index (χ1v) is 5.69. The zero-order valence-corrected chi connectivity index (χ0v) is 9.44. The van der Waals surface area contributed by atoms with E-state index < -0.39 is 11.5 Å². The summed E-state index contributed by atoms with van der Waals surface area (Å²) in [6, 6.07) is 9.57. The molecule has 0 bridgehead atoms. The average Bonchev–Trinajstić information content (AvgIpc) is 2.63. The molecule has 1 aromatic rings. The van der Waals surface area contributed by atoms with Gasteiger partial charge in [-0.15, -0.1) is 0 Å². The molecule has 1 aliphatic rings. The van der Waals surface area contributed by atoms with Gasteiger partial charge in [-0.1, -0.05) is 25.1 Å². The molecule has 0 aliphatic heterocycles. The Kier molecular flexibility index (Phi) is 2.86. The Labute approximate surface area is 95.5 Å². The number of carbonyl (C=O) groups is 1. The molecule has 0 amide bonds. The fraction of sp³-hybridized carbons (Fsp3) is 0.462. The number of rotatable bonds is 3. The first kappa shape index (κ1) is 11.0. The fourth-order valence-corrected chi connectivity index (χ4v) is 2.45. The molecule has 1 aliphatic carbocycles. The molecule has 86 valence electrons. The van der Waals surface area contributed by atoms with Crippen LogP contribution in [-0.4, -0.2) is 16.6 Å². The summed E-state index contributed by atoms with van der Waals surface area (Å²) in [6.07, 6.45) is 2.39. The van der Waals surface area contributed by atoms with Crippen LogP contribution in [0.4, 0.5) is 5.69 Å². The molecule has 2 rings (SSSR count). The van der Waals surface area contributed by atoms with Gasteiger partial charge in [0, 0.05) is 5.69 Å². The molecule has 0 aromatic heterocycles. The van der Waals surface area contributed by atoms with E-state index in [1.807, 2.05) is 30.3 Å². The van der Waals surface area contributed by atoms with Gasteiger partial charge in [-0.2, -0.15) is 0 Å². The number of hydrogen-bond donors (Lipinski definition) is 2. The molecule has 3 nitrogen and oxygen atoms in total. The Morgan fingerprint density at radius 1 is 1.44 bits per heavy atom. The molecule has 2 N–H and O–H groups in total. The van der Waals surface area contributed by atoms with Crippen molar-refractivity contribution in [2.75, 3.05) is 5.32 Å². The molecule has 1 fully saturated rings. The van der Waals surface area contributed by atoms with Gasteiger partial charge >= 0.3 is 5.97 Å². The minimum atomic E-state index is -0.763. The highest BCUT2D eigenvalue weighted by molar-refractivity contribution is 5.83. The monoisotopic (exact) mass is 219 g/mol. The van der Waals surface area contributed by atoms with Crippen LogP contribution >= 0.6 is 0 Å². The lowest BCUT2D eigenvalue weighted by molar-refractivity contribution is -0.142. The van der Waals surface area contributed by atoms with Crippen LogP contribution in [0.15, 0.2) is 30.3 Å². The van der Waals surface area contributed by atoms with Crippen LogP contribution in [0.1, 0.15) is 26.2 Å². The number of benzene rings is 1. The van der Waals surface area contributed by atoms with E-state index in [9.17, 15) is 9.90 Å². The molecule has 16 heavy (non-hydrogen) atoms. The summed E-state index contributed by atoms with van der Waals surface area (Å²) in [6.45, 7) is 2.11. The molecular weight excluding hydrogens is 202 g/mol. The maximum absolute atomic E-state index is 11.4. The first-order chi connectivity index (χ1) is 7.62. The summed E-state index contributed by atoms with van der Waals surface area (Å²) in [4.78, 5) is 11.4. The molecule has 1 aromatic carbocycles. The van der Waals surface area contributed by atoms with Crippen LogP contribution in [0, 0.1) is 5.92 Å². The van der Waals surface area contributed by atoms with Crippen molar-refractivity contribution in [2.24, 2.45) is 5.92 Å². The van der Waals surface area contributed by atoms with E-state index in [2.05, 4.69) is 12.2 Å². The summed E-state index contributed by atoms with van der Waals surface area (Å²) < 4.78 is 0. The van der Waals surface area contributed by atoms with Crippen LogP contribution in [0.25, 0.3) is 0 Å². The van der Waals surface area contributed by atoms with Crippen molar-refractivity contribution in [3.05, 3.63) is 30.3 Å². The smallest absolute Gasteiger partial charge is 0.329 e.